The summed E-state index contributed by atoms with van der Waals surface area (Å²) in [5.74, 6) is -2.04. The number of anilines is 3. The standard InChI is InChI=1S/C33H30N4O7/c1-3-4-5-21-6-8-22(9-7-21)32(40)36-29-19-16-26(20-28(29)33(41)44-2)35-31(39)23-10-14-25(15-11-23)34-30(38)24-12-17-27(18-13-24)37(42)43/h6-20H,3-5H2,1-2H3,(H,34,38)(H,35,39)(H,36,40). The summed E-state index contributed by atoms with van der Waals surface area (Å²) in [6.45, 7) is 2.12. The Morgan fingerprint density at radius 1 is 0.705 bits per heavy atom. The molecule has 4 rings (SSSR count). The number of aryl methyl sites for hydroxylation is 1. The van der Waals surface area contributed by atoms with Crippen LogP contribution in [0.2, 0.25) is 0 Å². The third-order valence-electron chi connectivity index (χ3n) is 6.71. The Kier molecular flexibility index (Phi) is 10.2. The lowest BCUT2D eigenvalue weighted by Gasteiger charge is -2.13. The highest BCUT2D eigenvalue weighted by molar-refractivity contribution is 6.10. The van der Waals surface area contributed by atoms with Gasteiger partial charge in [-0.3, -0.25) is 24.5 Å². The van der Waals surface area contributed by atoms with E-state index < -0.39 is 28.6 Å². The SMILES string of the molecule is CCCCc1ccc(C(=O)Nc2ccc(NC(=O)c3ccc(NC(=O)c4ccc([N+](=O)[O-])cc4)cc3)cc2C(=O)OC)cc1. The van der Waals surface area contributed by atoms with Crippen LogP contribution in [0.1, 0.15) is 66.8 Å². The highest BCUT2D eigenvalue weighted by Crippen LogP contribution is 2.24. The monoisotopic (exact) mass is 594 g/mol. The number of benzene rings is 4. The van der Waals surface area contributed by atoms with E-state index in [0.29, 0.717) is 16.9 Å². The van der Waals surface area contributed by atoms with Crippen LogP contribution in [0.15, 0.2) is 91.0 Å². The maximum Gasteiger partial charge on any atom is 0.340 e. The van der Waals surface area contributed by atoms with Gasteiger partial charge < -0.3 is 20.7 Å². The normalized spacial score (nSPS) is 10.4. The van der Waals surface area contributed by atoms with Crippen LogP contribution in [0.3, 0.4) is 0 Å². The quantitative estimate of drug-likeness (QED) is 0.102. The zero-order valence-corrected chi connectivity index (χ0v) is 24.1. The van der Waals surface area contributed by atoms with E-state index in [1.54, 1.807) is 18.2 Å². The molecule has 4 aromatic carbocycles. The van der Waals surface area contributed by atoms with Crippen LogP contribution >= 0.6 is 0 Å². The van der Waals surface area contributed by atoms with Crippen LogP contribution in [0.4, 0.5) is 22.7 Å². The summed E-state index contributed by atoms with van der Waals surface area (Å²) in [6, 6.07) is 23.0. The smallest absolute Gasteiger partial charge is 0.340 e. The van der Waals surface area contributed by atoms with Crippen molar-refractivity contribution >= 4 is 46.4 Å². The molecule has 4 aromatic rings. The number of nitrogens with zero attached hydrogens (tertiary/aromatic N) is 1. The van der Waals surface area contributed by atoms with Gasteiger partial charge in [0.2, 0.25) is 0 Å². The van der Waals surface area contributed by atoms with Crippen LogP contribution in [-0.2, 0) is 11.2 Å². The number of esters is 1. The molecule has 0 radical (unpaired) electrons. The summed E-state index contributed by atoms with van der Waals surface area (Å²) in [5.41, 5.74) is 2.95. The molecule has 0 aliphatic rings. The molecule has 3 amide bonds. The summed E-state index contributed by atoms with van der Waals surface area (Å²) < 4.78 is 4.89. The number of nitro benzene ring substituents is 1. The number of methoxy groups -OCH3 is 1. The first-order valence-corrected chi connectivity index (χ1v) is 13.8. The Bertz CT molecular complexity index is 1680. The van der Waals surface area contributed by atoms with Gasteiger partial charge in [0, 0.05) is 40.2 Å². The number of hydrogen-bond donors (Lipinski definition) is 3. The summed E-state index contributed by atoms with van der Waals surface area (Å²) in [6.07, 6.45) is 3.07. The first-order chi connectivity index (χ1) is 21.2. The number of carbonyl (C=O) groups excluding carboxylic acids is 4. The predicted molar refractivity (Wildman–Crippen MR) is 166 cm³/mol. The molecule has 0 atom stereocenters. The number of carbonyl (C=O) groups is 4. The van der Waals surface area contributed by atoms with Crippen molar-refractivity contribution in [3.05, 3.63) is 129 Å². The molecule has 0 spiro atoms. The van der Waals surface area contributed by atoms with Crippen molar-refractivity contribution in [3.63, 3.8) is 0 Å². The molecule has 3 N–H and O–H groups in total. The predicted octanol–water partition coefficient (Wildman–Crippen LogP) is 6.48. The van der Waals surface area contributed by atoms with Crippen LogP contribution in [-0.4, -0.2) is 35.7 Å². The Morgan fingerprint density at radius 2 is 1.20 bits per heavy atom. The number of unbranched alkanes of at least 4 members (excludes halogenated alkanes) is 1. The molecule has 0 unspecified atom stereocenters. The highest BCUT2D eigenvalue weighted by Gasteiger charge is 2.17. The van der Waals surface area contributed by atoms with E-state index in [1.807, 2.05) is 12.1 Å². The zero-order chi connectivity index (χ0) is 31.6. The Morgan fingerprint density at radius 3 is 1.75 bits per heavy atom. The fourth-order valence-electron chi connectivity index (χ4n) is 4.25. The van der Waals surface area contributed by atoms with E-state index in [2.05, 4.69) is 22.9 Å². The lowest BCUT2D eigenvalue weighted by atomic mass is 10.1. The number of amides is 3. The van der Waals surface area contributed by atoms with Crippen molar-refractivity contribution in [1.29, 1.82) is 0 Å². The third-order valence-corrected chi connectivity index (χ3v) is 6.71. The zero-order valence-electron chi connectivity index (χ0n) is 24.1. The summed E-state index contributed by atoms with van der Waals surface area (Å²) in [4.78, 5) is 61.0. The van der Waals surface area contributed by atoms with Crippen LogP contribution in [0.5, 0.6) is 0 Å². The van der Waals surface area contributed by atoms with Crippen LogP contribution in [0, 0.1) is 10.1 Å². The van der Waals surface area contributed by atoms with Gasteiger partial charge in [-0.05, 0) is 85.1 Å². The molecular weight excluding hydrogens is 564 g/mol. The minimum Gasteiger partial charge on any atom is -0.465 e. The summed E-state index contributed by atoms with van der Waals surface area (Å²) in [5, 5.41) is 18.9. The largest absolute Gasteiger partial charge is 0.465 e. The maximum absolute atomic E-state index is 12.9. The van der Waals surface area contributed by atoms with Crippen molar-refractivity contribution < 1.29 is 28.8 Å². The fraction of sp³-hybridized carbons (Fsp3) is 0.152. The van der Waals surface area contributed by atoms with E-state index in [-0.39, 0.29) is 28.1 Å². The Hall–Kier alpha value is -5.84. The second kappa shape index (κ2) is 14.4. The molecule has 0 saturated heterocycles. The lowest BCUT2D eigenvalue weighted by Crippen LogP contribution is -2.17. The average molecular weight is 595 g/mol. The van der Waals surface area contributed by atoms with Crippen molar-refractivity contribution in [2.24, 2.45) is 0 Å². The van der Waals surface area contributed by atoms with Crippen molar-refractivity contribution in [1.82, 2.24) is 0 Å². The molecule has 0 bridgehead atoms. The lowest BCUT2D eigenvalue weighted by molar-refractivity contribution is -0.384. The molecule has 0 saturated carbocycles. The van der Waals surface area contributed by atoms with Gasteiger partial charge in [-0.1, -0.05) is 25.5 Å². The van der Waals surface area contributed by atoms with Gasteiger partial charge >= 0.3 is 5.97 Å². The molecular formula is C33H30N4O7. The molecule has 0 aromatic heterocycles. The summed E-state index contributed by atoms with van der Waals surface area (Å²) in [7, 11) is 1.22. The molecule has 0 heterocycles. The molecule has 44 heavy (non-hydrogen) atoms. The van der Waals surface area contributed by atoms with Gasteiger partial charge in [-0.15, -0.1) is 0 Å². The second-order valence-electron chi connectivity index (χ2n) is 9.80. The van der Waals surface area contributed by atoms with Crippen molar-refractivity contribution in [3.8, 4) is 0 Å². The number of non-ortho nitro benzene ring substituents is 1. The third kappa shape index (κ3) is 7.91. The van der Waals surface area contributed by atoms with E-state index in [1.165, 1.54) is 67.8 Å². The van der Waals surface area contributed by atoms with Gasteiger partial charge in [0.25, 0.3) is 23.4 Å². The van der Waals surface area contributed by atoms with E-state index in [9.17, 15) is 29.3 Å². The maximum atomic E-state index is 12.9. The molecule has 0 aliphatic carbocycles. The van der Waals surface area contributed by atoms with E-state index in [4.69, 9.17) is 4.74 Å². The number of rotatable bonds is 11. The number of ether oxygens (including phenoxy) is 1. The molecule has 11 heteroatoms. The fourth-order valence-corrected chi connectivity index (χ4v) is 4.25. The first kappa shape index (κ1) is 31.1. The van der Waals surface area contributed by atoms with Gasteiger partial charge in [0.1, 0.15) is 0 Å². The molecule has 0 fully saturated rings. The number of nitrogens with one attached hydrogen (secondary N) is 3. The minimum absolute atomic E-state index is 0.0579. The van der Waals surface area contributed by atoms with Gasteiger partial charge in [0.15, 0.2) is 0 Å². The Labute approximate surface area is 253 Å². The average Bonchev–Trinajstić information content (AvgIpc) is 3.04. The molecule has 224 valence electrons. The second-order valence-corrected chi connectivity index (χ2v) is 9.80. The van der Waals surface area contributed by atoms with E-state index in [0.717, 1.165) is 24.8 Å². The molecule has 11 nitrogen and oxygen atoms in total. The van der Waals surface area contributed by atoms with Gasteiger partial charge in [-0.2, -0.15) is 0 Å². The molecule has 0 aliphatic heterocycles. The van der Waals surface area contributed by atoms with Crippen LogP contribution in [0.25, 0.3) is 0 Å². The topological polar surface area (TPSA) is 157 Å². The van der Waals surface area contributed by atoms with Gasteiger partial charge in [0.05, 0.1) is 23.3 Å². The highest BCUT2D eigenvalue weighted by atomic mass is 16.6. The van der Waals surface area contributed by atoms with Crippen molar-refractivity contribution in [2.75, 3.05) is 23.1 Å². The first-order valence-electron chi connectivity index (χ1n) is 13.8. The summed E-state index contributed by atoms with van der Waals surface area (Å²) >= 11 is 0. The number of nitro groups is 1. The Balaban J connectivity index is 1.41. The van der Waals surface area contributed by atoms with E-state index >= 15 is 0 Å². The van der Waals surface area contributed by atoms with Crippen molar-refractivity contribution in [2.45, 2.75) is 26.2 Å². The number of hydrogen-bond acceptors (Lipinski definition) is 7. The van der Waals surface area contributed by atoms with Crippen LogP contribution < -0.4 is 16.0 Å². The van der Waals surface area contributed by atoms with Gasteiger partial charge in [-0.25, -0.2) is 4.79 Å². The minimum atomic E-state index is -0.695.